The third kappa shape index (κ3) is 3.24. The normalized spacial score (nSPS) is 23.6. The molecule has 0 spiro atoms. The van der Waals surface area contributed by atoms with Crippen molar-refractivity contribution in [3.05, 3.63) is 23.8 Å². The second-order valence-electron chi connectivity index (χ2n) is 5.67. The van der Waals surface area contributed by atoms with E-state index in [4.69, 9.17) is 19.3 Å². The van der Waals surface area contributed by atoms with E-state index in [-0.39, 0.29) is 31.6 Å². The molecule has 0 saturated carbocycles. The van der Waals surface area contributed by atoms with Crippen LogP contribution in [0.2, 0.25) is 0 Å². The lowest BCUT2D eigenvalue weighted by Gasteiger charge is -2.34. The minimum atomic E-state index is -1.04. The molecule has 3 rings (SSSR count). The van der Waals surface area contributed by atoms with Crippen molar-refractivity contribution >= 4 is 11.9 Å². The van der Waals surface area contributed by atoms with E-state index in [0.717, 1.165) is 11.3 Å². The van der Waals surface area contributed by atoms with Gasteiger partial charge in [-0.1, -0.05) is 6.07 Å². The van der Waals surface area contributed by atoms with Gasteiger partial charge in [0.15, 0.2) is 6.10 Å². The highest BCUT2D eigenvalue weighted by atomic mass is 16.5. The van der Waals surface area contributed by atoms with Gasteiger partial charge in [0.2, 0.25) is 5.91 Å². The van der Waals surface area contributed by atoms with E-state index in [1.54, 1.807) is 12.0 Å². The van der Waals surface area contributed by atoms with Crippen molar-refractivity contribution in [1.29, 1.82) is 0 Å². The maximum Gasteiger partial charge on any atom is 0.334 e. The Morgan fingerprint density at radius 2 is 2.22 bits per heavy atom. The number of aliphatic carboxylic acids is 1. The van der Waals surface area contributed by atoms with Gasteiger partial charge in [-0.25, -0.2) is 4.79 Å². The molecule has 2 aliphatic heterocycles. The number of carbonyl (C=O) groups is 2. The Labute approximate surface area is 133 Å². The SMILES string of the molecule is COc1ccc2c(c1)OC[C@H](C(=O)N1CCO[C@@H](C(=O)O)C1)C2. The van der Waals surface area contributed by atoms with Crippen LogP contribution in [0, 0.1) is 5.92 Å². The van der Waals surface area contributed by atoms with Gasteiger partial charge < -0.3 is 24.2 Å². The number of morpholine rings is 1. The van der Waals surface area contributed by atoms with Crippen LogP contribution in [0.15, 0.2) is 18.2 Å². The summed E-state index contributed by atoms with van der Waals surface area (Å²) < 4.78 is 16.0. The van der Waals surface area contributed by atoms with E-state index in [2.05, 4.69) is 0 Å². The highest BCUT2D eigenvalue weighted by Gasteiger charge is 2.34. The van der Waals surface area contributed by atoms with Gasteiger partial charge in [-0.2, -0.15) is 0 Å². The fourth-order valence-electron chi connectivity index (χ4n) is 2.90. The smallest absolute Gasteiger partial charge is 0.334 e. The molecular weight excluding hydrogens is 302 g/mol. The van der Waals surface area contributed by atoms with Crippen LogP contribution in [0.1, 0.15) is 5.56 Å². The first-order valence-electron chi connectivity index (χ1n) is 7.51. The second-order valence-corrected chi connectivity index (χ2v) is 5.67. The molecule has 0 aromatic heterocycles. The molecule has 23 heavy (non-hydrogen) atoms. The van der Waals surface area contributed by atoms with Crippen LogP contribution in [0.5, 0.6) is 11.5 Å². The topological polar surface area (TPSA) is 85.3 Å². The zero-order valence-corrected chi connectivity index (χ0v) is 12.9. The van der Waals surface area contributed by atoms with Crippen LogP contribution in [-0.2, 0) is 20.7 Å². The largest absolute Gasteiger partial charge is 0.497 e. The molecule has 1 fully saturated rings. The van der Waals surface area contributed by atoms with Gasteiger partial charge in [-0.15, -0.1) is 0 Å². The number of amides is 1. The molecule has 0 radical (unpaired) electrons. The summed E-state index contributed by atoms with van der Waals surface area (Å²) in [6, 6.07) is 5.54. The fourth-order valence-corrected chi connectivity index (χ4v) is 2.90. The second kappa shape index (κ2) is 6.45. The lowest BCUT2D eigenvalue weighted by Crippen LogP contribution is -2.51. The van der Waals surface area contributed by atoms with Crippen molar-refractivity contribution in [2.45, 2.75) is 12.5 Å². The zero-order valence-electron chi connectivity index (χ0n) is 12.9. The van der Waals surface area contributed by atoms with E-state index < -0.39 is 12.1 Å². The molecule has 2 aliphatic rings. The molecule has 1 aromatic rings. The predicted octanol–water partition coefficient (Wildman–Crippen LogP) is 0.558. The summed E-state index contributed by atoms with van der Waals surface area (Å²) in [5, 5.41) is 9.03. The van der Waals surface area contributed by atoms with Gasteiger partial charge in [0.1, 0.15) is 18.1 Å². The Hall–Kier alpha value is -2.28. The molecule has 1 saturated heterocycles. The third-order valence-electron chi connectivity index (χ3n) is 4.18. The summed E-state index contributed by atoms with van der Waals surface area (Å²) in [5.41, 5.74) is 0.957. The van der Waals surface area contributed by atoms with E-state index in [1.807, 2.05) is 18.2 Å². The quantitative estimate of drug-likeness (QED) is 0.875. The first-order valence-corrected chi connectivity index (χ1v) is 7.51. The van der Waals surface area contributed by atoms with Crippen LogP contribution in [0.25, 0.3) is 0 Å². The first-order chi connectivity index (χ1) is 11.1. The Balaban J connectivity index is 1.68. The molecule has 1 amide bonds. The van der Waals surface area contributed by atoms with E-state index in [9.17, 15) is 9.59 Å². The monoisotopic (exact) mass is 321 g/mol. The number of fused-ring (bicyclic) bond motifs is 1. The van der Waals surface area contributed by atoms with Crippen molar-refractivity contribution in [1.82, 2.24) is 4.90 Å². The highest BCUT2D eigenvalue weighted by molar-refractivity contribution is 5.81. The number of rotatable bonds is 3. The van der Waals surface area contributed by atoms with Crippen molar-refractivity contribution in [2.75, 3.05) is 33.4 Å². The minimum absolute atomic E-state index is 0.0824. The Morgan fingerprint density at radius 3 is 2.96 bits per heavy atom. The van der Waals surface area contributed by atoms with Crippen molar-refractivity contribution in [2.24, 2.45) is 5.92 Å². The number of hydrogen-bond acceptors (Lipinski definition) is 5. The Bertz CT molecular complexity index is 617. The van der Waals surface area contributed by atoms with Crippen LogP contribution < -0.4 is 9.47 Å². The number of benzene rings is 1. The number of methoxy groups -OCH3 is 1. The third-order valence-corrected chi connectivity index (χ3v) is 4.18. The lowest BCUT2D eigenvalue weighted by atomic mass is 9.95. The van der Waals surface area contributed by atoms with Crippen LogP contribution in [-0.4, -0.2) is 61.4 Å². The van der Waals surface area contributed by atoms with E-state index >= 15 is 0 Å². The number of carbonyl (C=O) groups excluding carboxylic acids is 1. The molecule has 0 aliphatic carbocycles. The molecule has 0 bridgehead atoms. The molecule has 7 nitrogen and oxygen atoms in total. The average Bonchev–Trinajstić information content (AvgIpc) is 2.60. The number of nitrogens with zero attached hydrogens (tertiary/aromatic N) is 1. The van der Waals surface area contributed by atoms with E-state index in [0.29, 0.717) is 18.7 Å². The Kier molecular flexibility index (Phi) is 4.38. The molecular formula is C16H19NO6. The summed E-state index contributed by atoms with van der Waals surface area (Å²) >= 11 is 0. The minimum Gasteiger partial charge on any atom is -0.497 e. The van der Waals surface area contributed by atoms with Gasteiger partial charge >= 0.3 is 5.97 Å². The summed E-state index contributed by atoms with van der Waals surface area (Å²) in [6.45, 7) is 1.02. The van der Waals surface area contributed by atoms with Gasteiger partial charge in [-0.05, 0) is 18.1 Å². The summed E-state index contributed by atoms with van der Waals surface area (Å²) in [7, 11) is 1.59. The highest BCUT2D eigenvalue weighted by Crippen LogP contribution is 2.31. The fraction of sp³-hybridized carbons (Fsp3) is 0.500. The number of carboxylic acid groups (broad SMARTS) is 1. The first kappa shape index (κ1) is 15.6. The predicted molar refractivity (Wildman–Crippen MR) is 79.6 cm³/mol. The molecule has 1 aromatic carbocycles. The van der Waals surface area contributed by atoms with Gasteiger partial charge in [0.05, 0.1) is 26.2 Å². The summed E-state index contributed by atoms with van der Waals surface area (Å²) in [5.74, 6) is 0.0223. The summed E-state index contributed by atoms with van der Waals surface area (Å²) in [6.07, 6.45) is -0.374. The van der Waals surface area contributed by atoms with Crippen LogP contribution in [0.4, 0.5) is 0 Å². The van der Waals surface area contributed by atoms with Crippen LogP contribution in [0.3, 0.4) is 0 Å². The molecule has 2 atom stereocenters. The standard InChI is InChI=1S/C16H19NO6/c1-21-12-3-2-10-6-11(9-23-13(10)7-12)15(18)17-4-5-22-14(8-17)16(19)20/h2-3,7,11,14H,4-6,8-9H2,1H3,(H,19,20)/t11-,14-/m1/s1. The van der Waals surface area contributed by atoms with Crippen LogP contribution >= 0.6 is 0 Å². The van der Waals surface area contributed by atoms with Crippen molar-refractivity contribution in [3.63, 3.8) is 0 Å². The molecule has 2 heterocycles. The van der Waals surface area contributed by atoms with E-state index in [1.165, 1.54) is 0 Å². The summed E-state index contributed by atoms with van der Waals surface area (Å²) in [4.78, 5) is 25.2. The average molecular weight is 321 g/mol. The number of hydrogen-bond donors (Lipinski definition) is 1. The molecule has 1 N–H and O–H groups in total. The number of ether oxygens (including phenoxy) is 3. The maximum absolute atomic E-state index is 12.6. The zero-order chi connectivity index (χ0) is 16.4. The maximum atomic E-state index is 12.6. The van der Waals surface area contributed by atoms with Gasteiger partial charge in [-0.3, -0.25) is 4.79 Å². The molecule has 7 heteroatoms. The molecule has 0 unspecified atom stereocenters. The van der Waals surface area contributed by atoms with Crippen molar-refractivity contribution < 1.29 is 28.9 Å². The van der Waals surface area contributed by atoms with Crippen molar-refractivity contribution in [3.8, 4) is 11.5 Å². The van der Waals surface area contributed by atoms with Gasteiger partial charge in [0.25, 0.3) is 0 Å². The molecule has 124 valence electrons. The number of carboxylic acids is 1. The van der Waals surface area contributed by atoms with Gasteiger partial charge in [0, 0.05) is 12.6 Å². The Morgan fingerprint density at radius 1 is 1.39 bits per heavy atom. The lowest BCUT2D eigenvalue weighted by molar-refractivity contribution is -0.160.